The van der Waals surface area contributed by atoms with Crippen LogP contribution in [0.4, 0.5) is 0 Å². The zero-order chi connectivity index (χ0) is 17.7. The van der Waals surface area contributed by atoms with Crippen molar-refractivity contribution in [2.75, 3.05) is 12.3 Å². The van der Waals surface area contributed by atoms with Crippen LogP contribution < -0.4 is 34.9 Å². The quantitative estimate of drug-likeness (QED) is 0.199. The van der Waals surface area contributed by atoms with Crippen molar-refractivity contribution >= 4 is 28.3 Å². The molecule has 0 saturated heterocycles. The van der Waals surface area contributed by atoms with E-state index in [1.807, 2.05) is 11.8 Å². The Labute approximate surface area is 192 Å². The van der Waals surface area contributed by atoms with E-state index in [4.69, 9.17) is 12.2 Å². The average Bonchev–Trinajstić information content (AvgIpc) is 2.59. The van der Waals surface area contributed by atoms with E-state index >= 15 is 0 Å². The fourth-order valence-corrected chi connectivity index (χ4v) is 3.99. The van der Waals surface area contributed by atoms with Gasteiger partial charge in [-0.25, -0.2) is 0 Å². The van der Waals surface area contributed by atoms with Gasteiger partial charge in [0.25, 0.3) is 0 Å². The molecule has 0 fully saturated rings. The third kappa shape index (κ3) is 25.2. The summed E-state index contributed by atoms with van der Waals surface area (Å²) < 4.78 is 1.01. The first-order valence-corrected chi connectivity index (χ1v) is 12.1. The maximum atomic E-state index is 5.40. The fourth-order valence-electron chi connectivity index (χ4n) is 2.90. The molecule has 146 valence electrons. The Morgan fingerprint density at radius 2 is 1.08 bits per heavy atom. The van der Waals surface area contributed by atoms with Gasteiger partial charge in [-0.15, -0.1) is 0 Å². The van der Waals surface area contributed by atoms with Crippen LogP contribution in [-0.2, 0) is 0 Å². The minimum atomic E-state index is 0. The molecule has 0 radical (unpaired) electrons. The third-order valence-electron chi connectivity index (χ3n) is 4.53. The van der Waals surface area contributed by atoms with Crippen LogP contribution in [0.15, 0.2) is 0 Å². The summed E-state index contributed by atoms with van der Waals surface area (Å²) in [6.45, 7) is 5.63. The van der Waals surface area contributed by atoms with E-state index in [-0.39, 0.29) is 31.0 Å². The monoisotopic (exact) mass is 397 g/mol. The van der Waals surface area contributed by atoms with Crippen molar-refractivity contribution in [2.45, 2.75) is 117 Å². The van der Waals surface area contributed by atoms with E-state index < -0.39 is 0 Å². The molecule has 0 unspecified atom stereocenters. The zero-order valence-corrected chi connectivity index (χ0v) is 21.2. The van der Waals surface area contributed by atoms with Crippen LogP contribution >= 0.6 is 24.0 Å². The smallest absolute Gasteiger partial charge is 1.00 e. The number of thioether (sulfide) groups is 1. The molecule has 0 aliphatic rings. The summed E-state index contributed by atoms with van der Waals surface area (Å²) in [5.74, 6) is 1.19. The van der Waals surface area contributed by atoms with Crippen molar-refractivity contribution in [3.63, 3.8) is 0 Å². The predicted molar refractivity (Wildman–Crippen MR) is 119 cm³/mol. The summed E-state index contributed by atoms with van der Waals surface area (Å²) in [6.07, 6.45) is 22.2. The summed E-state index contributed by atoms with van der Waals surface area (Å²) in [4.78, 5) is 0. The normalized spacial score (nSPS) is 10.5. The van der Waals surface area contributed by atoms with Crippen LogP contribution in [-0.4, -0.2) is 16.6 Å². The number of hydrogen-bond donors (Lipinski definition) is 1. The molecule has 0 saturated carbocycles. The summed E-state index contributed by atoms with van der Waals surface area (Å²) >= 11 is 7.25. The van der Waals surface area contributed by atoms with Crippen molar-refractivity contribution in [3.8, 4) is 0 Å². The number of unbranched alkanes of at least 4 members (excludes halogenated alkanes) is 14. The van der Waals surface area contributed by atoms with E-state index in [0.29, 0.717) is 0 Å². The maximum Gasteiger partial charge on any atom is 1.00 e. The maximum absolute atomic E-state index is 5.40. The Balaban J connectivity index is -0.00000264. The van der Waals surface area contributed by atoms with Gasteiger partial charge >= 0.3 is 29.6 Å². The minimum Gasteiger partial charge on any atom is -1.00 e. The van der Waals surface area contributed by atoms with Crippen molar-refractivity contribution in [3.05, 3.63) is 0 Å². The van der Waals surface area contributed by atoms with Crippen molar-refractivity contribution in [1.82, 2.24) is 5.32 Å². The molecule has 0 aliphatic heterocycles. The van der Waals surface area contributed by atoms with Gasteiger partial charge in [0, 0.05) is 12.3 Å². The largest absolute Gasteiger partial charge is 1.00 e. The van der Waals surface area contributed by atoms with E-state index in [1.54, 1.807) is 0 Å². The molecular formula is C21H44NNaS2. The van der Waals surface area contributed by atoms with Gasteiger partial charge in [0.05, 0.1) is 0 Å². The first-order valence-electron chi connectivity index (χ1n) is 10.7. The van der Waals surface area contributed by atoms with Crippen LogP contribution in [0, 0.1) is 0 Å². The molecular weight excluding hydrogens is 353 g/mol. The number of thiocarbonyl (C=S) groups is 1. The molecule has 0 amide bonds. The van der Waals surface area contributed by atoms with E-state index in [9.17, 15) is 0 Å². The zero-order valence-electron chi connectivity index (χ0n) is 18.5. The second kappa shape index (κ2) is 25.2. The summed E-state index contributed by atoms with van der Waals surface area (Å²) in [5.41, 5.74) is 0. The summed E-state index contributed by atoms with van der Waals surface area (Å²) in [7, 11) is 0. The molecule has 4 heteroatoms. The standard InChI is InChI=1S/C21H43NS2.Na.H/c1-3-5-7-9-11-13-15-17-19-22-21(23)24-20-18-16-14-12-10-8-6-4-2;;/h3-20H2,1-2H3,(H,22,23);;/q;+1;-1. The molecule has 1 N–H and O–H groups in total. The molecule has 0 aromatic heterocycles. The van der Waals surface area contributed by atoms with Gasteiger partial charge in [0.15, 0.2) is 0 Å². The van der Waals surface area contributed by atoms with Crippen molar-refractivity contribution < 1.29 is 31.0 Å². The van der Waals surface area contributed by atoms with E-state index in [1.165, 1.54) is 108 Å². The third-order valence-corrected chi connectivity index (χ3v) is 5.93. The van der Waals surface area contributed by atoms with Crippen LogP contribution in [0.3, 0.4) is 0 Å². The molecule has 0 rings (SSSR count). The molecule has 0 bridgehead atoms. The predicted octanol–water partition coefficient (Wildman–Crippen LogP) is 4.99. The molecule has 0 aromatic rings. The molecule has 0 spiro atoms. The molecule has 25 heavy (non-hydrogen) atoms. The van der Waals surface area contributed by atoms with Gasteiger partial charge in [-0.3, -0.25) is 0 Å². The molecule has 1 nitrogen and oxygen atoms in total. The van der Waals surface area contributed by atoms with Gasteiger partial charge in [0.2, 0.25) is 0 Å². The Morgan fingerprint density at radius 1 is 0.680 bits per heavy atom. The Kier molecular flexibility index (Phi) is 28.7. The van der Waals surface area contributed by atoms with E-state index in [0.717, 1.165) is 10.9 Å². The van der Waals surface area contributed by atoms with Crippen LogP contribution in [0.25, 0.3) is 0 Å². The minimum absolute atomic E-state index is 0. The molecule has 0 heterocycles. The van der Waals surface area contributed by atoms with Crippen molar-refractivity contribution in [2.24, 2.45) is 0 Å². The van der Waals surface area contributed by atoms with Crippen molar-refractivity contribution in [1.29, 1.82) is 0 Å². The Morgan fingerprint density at radius 3 is 1.56 bits per heavy atom. The van der Waals surface area contributed by atoms with Crippen LogP contribution in [0.1, 0.15) is 118 Å². The number of rotatable bonds is 18. The number of nitrogens with one attached hydrogen (secondary N) is 1. The van der Waals surface area contributed by atoms with Crippen LogP contribution in [0.5, 0.6) is 0 Å². The average molecular weight is 398 g/mol. The van der Waals surface area contributed by atoms with Gasteiger partial charge in [-0.05, 0) is 12.8 Å². The summed E-state index contributed by atoms with van der Waals surface area (Å²) in [5, 5.41) is 3.41. The van der Waals surface area contributed by atoms with Gasteiger partial charge in [-0.2, -0.15) is 0 Å². The Hall–Kier alpha value is 1.24. The van der Waals surface area contributed by atoms with Gasteiger partial charge in [0.1, 0.15) is 4.32 Å². The number of hydrogen-bond acceptors (Lipinski definition) is 2. The molecule has 0 atom stereocenters. The second-order valence-corrected chi connectivity index (χ2v) is 8.78. The molecule has 0 aliphatic carbocycles. The molecule has 0 aromatic carbocycles. The first-order chi connectivity index (χ1) is 11.8. The summed E-state index contributed by atoms with van der Waals surface area (Å²) in [6, 6.07) is 0. The fraction of sp³-hybridized carbons (Fsp3) is 0.952. The van der Waals surface area contributed by atoms with Crippen LogP contribution in [0.2, 0.25) is 0 Å². The van der Waals surface area contributed by atoms with E-state index in [2.05, 4.69) is 19.2 Å². The first kappa shape index (κ1) is 28.4. The van der Waals surface area contributed by atoms with Gasteiger partial charge < -0.3 is 6.74 Å². The van der Waals surface area contributed by atoms with Gasteiger partial charge in [-0.1, -0.05) is 128 Å². The Bertz CT molecular complexity index is 244. The SMILES string of the molecule is CCCCCCCCCCNC(=S)SCCCCCCCCCC.[H-].[Na+]. The topological polar surface area (TPSA) is 12.0 Å². The second-order valence-electron chi connectivity index (χ2n) is 7.01.